The van der Waals surface area contributed by atoms with Gasteiger partial charge in [0.25, 0.3) is 0 Å². The molecule has 4 heterocycles. The predicted octanol–water partition coefficient (Wildman–Crippen LogP) is 5.10. The molecule has 8 atom stereocenters. The summed E-state index contributed by atoms with van der Waals surface area (Å²) in [5.41, 5.74) is 0.883. The molecule has 0 spiro atoms. The van der Waals surface area contributed by atoms with Gasteiger partial charge in [-0.1, -0.05) is 13.2 Å². The summed E-state index contributed by atoms with van der Waals surface area (Å²) >= 11 is 0. The van der Waals surface area contributed by atoms with Crippen molar-refractivity contribution in [3.8, 4) is 23.0 Å². The second-order valence-electron chi connectivity index (χ2n) is 17.6. The molecule has 4 aliphatic rings. The Balaban J connectivity index is 0.000000216. The van der Waals surface area contributed by atoms with E-state index in [-0.39, 0.29) is 92.5 Å². The molecule has 0 radical (unpaired) electrons. The van der Waals surface area contributed by atoms with Gasteiger partial charge in [-0.3, -0.25) is 0 Å². The fourth-order valence-corrected chi connectivity index (χ4v) is 7.68. The van der Waals surface area contributed by atoms with Crippen LogP contribution >= 0.6 is 0 Å². The highest BCUT2D eigenvalue weighted by molar-refractivity contribution is 5.92. The molecule has 25 heteroatoms. The van der Waals surface area contributed by atoms with Gasteiger partial charge in [0.1, 0.15) is 59.6 Å². The number of aromatic carboxylic acids is 1. The van der Waals surface area contributed by atoms with Crippen LogP contribution in [0.4, 0.5) is 9.59 Å². The van der Waals surface area contributed by atoms with Crippen LogP contribution in [0.1, 0.15) is 67.1 Å². The highest BCUT2D eigenvalue weighted by Gasteiger charge is 2.50. The zero-order valence-corrected chi connectivity index (χ0v) is 43.3. The summed E-state index contributed by atoms with van der Waals surface area (Å²) in [7, 11) is 0. The van der Waals surface area contributed by atoms with E-state index in [2.05, 4.69) is 13.2 Å². The second kappa shape index (κ2) is 31.2. The van der Waals surface area contributed by atoms with Crippen LogP contribution in [-0.4, -0.2) is 170 Å². The average molecular weight is 1130 g/mol. The topological polar surface area (TPSA) is 337 Å². The normalized spacial score (nSPS) is 20.8. The van der Waals surface area contributed by atoms with Crippen LogP contribution in [0.3, 0.4) is 0 Å². The fraction of sp³-hybridized carbons (Fsp3) is 0.357. The third-order valence-electron chi connectivity index (χ3n) is 11.8. The molecule has 25 nitrogen and oxygen atoms in total. The zero-order chi connectivity index (χ0) is 58.3. The number of rotatable bonds is 21. The van der Waals surface area contributed by atoms with E-state index in [1.165, 1.54) is 97.1 Å². The molecule has 0 amide bonds. The molecule has 0 saturated carbocycles. The van der Waals surface area contributed by atoms with Crippen molar-refractivity contribution in [2.45, 2.75) is 74.5 Å². The number of aromatic hydroxyl groups is 1. The molecule has 0 aromatic heterocycles. The Kier molecular flexibility index (Phi) is 23.7. The quantitative estimate of drug-likeness (QED) is 0.0210. The van der Waals surface area contributed by atoms with Crippen LogP contribution in [-0.2, 0) is 57.0 Å². The molecule has 8 rings (SSSR count). The van der Waals surface area contributed by atoms with E-state index in [4.69, 9.17) is 71.8 Å². The summed E-state index contributed by atoms with van der Waals surface area (Å²) in [6.45, 7) is 7.85. The lowest BCUT2D eigenvalue weighted by molar-refractivity contribution is -0.138. The number of carbonyl (C=O) groups excluding carboxylic acids is 7. The molecular weight excluding hydrogens is 1070 g/mol. The third-order valence-corrected chi connectivity index (χ3v) is 11.8. The molecule has 4 saturated heterocycles. The maximum Gasteiger partial charge on any atom is 0.513 e. The molecule has 81 heavy (non-hydrogen) atoms. The number of aliphatic hydroxyl groups is 2. The fourth-order valence-electron chi connectivity index (χ4n) is 7.68. The van der Waals surface area contributed by atoms with E-state index < -0.39 is 97.0 Å². The number of fused-ring (bicyclic) bond motifs is 2. The van der Waals surface area contributed by atoms with Gasteiger partial charge in [-0.15, -0.1) is 0 Å². The molecule has 4 fully saturated rings. The Labute approximate surface area is 462 Å². The van der Waals surface area contributed by atoms with E-state index in [0.717, 1.165) is 12.2 Å². The third kappa shape index (κ3) is 19.3. The van der Waals surface area contributed by atoms with E-state index >= 15 is 0 Å². The van der Waals surface area contributed by atoms with E-state index in [1.54, 1.807) is 0 Å². The highest BCUT2D eigenvalue weighted by atomic mass is 16.7. The molecule has 0 aliphatic carbocycles. The molecular formula is C56H58O25. The van der Waals surface area contributed by atoms with Crippen LogP contribution in [0.25, 0.3) is 0 Å². The van der Waals surface area contributed by atoms with Crippen LogP contribution in [0, 0.1) is 0 Å². The zero-order valence-electron chi connectivity index (χ0n) is 43.3. The van der Waals surface area contributed by atoms with Gasteiger partial charge in [-0.25, -0.2) is 38.4 Å². The molecule has 4 unspecified atom stereocenters. The Morgan fingerprint density at radius 3 is 1.16 bits per heavy atom. The average Bonchev–Trinajstić information content (AvgIpc) is 4.29. The van der Waals surface area contributed by atoms with Crippen molar-refractivity contribution < 1.29 is 120 Å². The number of carboxylic acid groups (broad SMARTS) is 1. The smallest absolute Gasteiger partial charge is 0.508 e. The minimum atomic E-state index is -1.06. The van der Waals surface area contributed by atoms with Crippen molar-refractivity contribution in [1.82, 2.24) is 0 Å². The monoisotopic (exact) mass is 1130 g/mol. The van der Waals surface area contributed by atoms with Gasteiger partial charge in [0, 0.05) is 12.2 Å². The van der Waals surface area contributed by atoms with Crippen molar-refractivity contribution in [3.05, 3.63) is 145 Å². The lowest BCUT2D eigenvalue weighted by atomic mass is 10.1. The molecule has 4 aromatic carbocycles. The molecule has 4 aromatic rings. The van der Waals surface area contributed by atoms with Gasteiger partial charge < -0.3 is 82.0 Å². The minimum Gasteiger partial charge on any atom is -0.508 e. The lowest BCUT2D eigenvalue weighted by Gasteiger charge is -2.16. The highest BCUT2D eigenvalue weighted by Crippen LogP contribution is 2.31. The predicted molar refractivity (Wildman–Crippen MR) is 273 cm³/mol. The minimum absolute atomic E-state index is 0.0833. The number of hydrogen-bond acceptors (Lipinski definition) is 24. The Hall–Kier alpha value is -8.72. The molecule has 4 aliphatic heterocycles. The lowest BCUT2D eigenvalue weighted by Crippen LogP contribution is -2.34. The van der Waals surface area contributed by atoms with Gasteiger partial charge >= 0.3 is 48.1 Å². The maximum atomic E-state index is 12.5. The largest absolute Gasteiger partial charge is 0.513 e. The van der Waals surface area contributed by atoms with Gasteiger partial charge in [-0.2, -0.15) is 0 Å². The van der Waals surface area contributed by atoms with Gasteiger partial charge in [0.05, 0.1) is 75.1 Å². The maximum absolute atomic E-state index is 12.5. The summed E-state index contributed by atoms with van der Waals surface area (Å²) in [6.07, 6.45) is -2.00. The number of ether oxygens (including phenoxy) is 13. The number of carbonyl (C=O) groups is 8. The van der Waals surface area contributed by atoms with Crippen molar-refractivity contribution in [1.29, 1.82) is 0 Å². The number of phenolic OH excluding ortho intramolecular Hbond substituents is 1. The summed E-state index contributed by atoms with van der Waals surface area (Å²) in [5, 5.41) is 37.3. The Bertz CT molecular complexity index is 2780. The summed E-state index contributed by atoms with van der Waals surface area (Å²) in [6, 6.07) is 22.6. The van der Waals surface area contributed by atoms with Gasteiger partial charge in [-0.05, 0) is 123 Å². The van der Waals surface area contributed by atoms with Crippen LogP contribution in [0.15, 0.2) is 122 Å². The van der Waals surface area contributed by atoms with E-state index in [0.29, 0.717) is 31.2 Å². The Morgan fingerprint density at radius 1 is 0.444 bits per heavy atom. The van der Waals surface area contributed by atoms with Crippen LogP contribution in [0.2, 0.25) is 0 Å². The van der Waals surface area contributed by atoms with Crippen molar-refractivity contribution in [2.75, 3.05) is 52.9 Å². The first kappa shape index (κ1) is 61.5. The summed E-state index contributed by atoms with van der Waals surface area (Å²) in [5.74, 6) is -3.18. The van der Waals surface area contributed by atoms with E-state index in [9.17, 15) is 48.6 Å². The number of unbranched alkanes of at least 4 members (excludes halogenated alkanes) is 2. The van der Waals surface area contributed by atoms with E-state index in [1.807, 2.05) is 0 Å². The Morgan fingerprint density at radius 2 is 0.778 bits per heavy atom. The van der Waals surface area contributed by atoms with Crippen LogP contribution in [0.5, 0.6) is 23.0 Å². The van der Waals surface area contributed by atoms with Gasteiger partial charge in [0.15, 0.2) is 12.2 Å². The first-order chi connectivity index (χ1) is 39.0. The SMILES string of the molecule is C=CC(=O)OCCCCOC(=O)Oc1ccc(C(=O)O)cc1.C=CC(=O)OCCCCOC(=O)Oc1ccc(C(=O)Oc2ccc(C(=O)O[C@H]3COC4C3OC[C@@H]4O)cc2)cc1.O=C(O[C@H]1COC2C1OC[C@@H]2O)c1ccc(O)cc1. The summed E-state index contributed by atoms with van der Waals surface area (Å²) in [4.78, 5) is 92.4. The van der Waals surface area contributed by atoms with Crippen molar-refractivity contribution in [3.63, 3.8) is 0 Å². The number of aliphatic hydroxyl groups excluding tert-OH is 2. The second-order valence-corrected chi connectivity index (χ2v) is 17.6. The number of hydrogen-bond donors (Lipinski definition) is 4. The van der Waals surface area contributed by atoms with Crippen molar-refractivity contribution >= 4 is 48.1 Å². The number of phenols is 1. The van der Waals surface area contributed by atoms with Crippen LogP contribution < -0.4 is 14.2 Å². The molecule has 4 N–H and O–H groups in total. The van der Waals surface area contributed by atoms with Crippen molar-refractivity contribution in [2.24, 2.45) is 0 Å². The first-order valence-corrected chi connectivity index (χ1v) is 25.1. The number of carboxylic acids is 1. The summed E-state index contributed by atoms with van der Waals surface area (Å²) < 4.78 is 67.0. The number of benzene rings is 4. The standard InChI is InChI=1S/C28H28O12.C15H16O7.C13H14O6/c1-2-23(30)34-13-3-4-14-35-28(33)39-20-11-7-17(8-12-20)26(31)38-19-9-5-18(6-10-19)27(32)40-22-16-37-24-21(29)15-36-25(22)24;1-2-13(16)20-9-3-4-10-21-15(19)22-12-7-5-11(6-8-12)14(17)18;14-8-3-1-7(2-4-8)13(16)19-10-6-18-11-9(15)5-17-12(10)11/h2,5-12,21-22,24-25,29H,1,3-4,13-16H2;2,5-8H,1,3-4,9-10H2,(H,17,18);1-4,9-12,14-15H,5-6H2/t21-,22-,24?,25?;;9-,10-,11?,12?/m0.0/s1. The number of esters is 5. The first-order valence-electron chi connectivity index (χ1n) is 25.1. The molecule has 432 valence electrons. The molecule has 0 bridgehead atoms. The van der Waals surface area contributed by atoms with Gasteiger partial charge in [0.2, 0.25) is 0 Å².